The zero-order valence-electron chi connectivity index (χ0n) is 11.7. The summed E-state index contributed by atoms with van der Waals surface area (Å²) in [5, 5.41) is 13.9. The second-order valence-electron chi connectivity index (χ2n) is 4.80. The van der Waals surface area contributed by atoms with Crippen molar-refractivity contribution in [2.24, 2.45) is 0 Å². The molecule has 0 aromatic carbocycles. The molecule has 2 heterocycles. The zero-order chi connectivity index (χ0) is 14.4. The highest BCUT2D eigenvalue weighted by atomic mass is 16.3. The van der Waals surface area contributed by atoms with E-state index >= 15 is 0 Å². The summed E-state index contributed by atoms with van der Waals surface area (Å²) in [7, 11) is 0. The van der Waals surface area contributed by atoms with Gasteiger partial charge in [-0.15, -0.1) is 5.10 Å². The second-order valence-corrected chi connectivity index (χ2v) is 4.80. The van der Waals surface area contributed by atoms with Crippen LogP contribution in [-0.2, 0) is 24.4 Å². The smallest absolute Gasteiger partial charge is 0.242 e. The van der Waals surface area contributed by atoms with Crippen molar-refractivity contribution in [3.8, 4) is 0 Å². The summed E-state index contributed by atoms with van der Waals surface area (Å²) in [5.41, 5.74) is 0.817. The minimum atomic E-state index is -0.130. The Labute approximate surface area is 117 Å². The summed E-state index contributed by atoms with van der Waals surface area (Å²) in [6.07, 6.45) is 3.34. The van der Waals surface area contributed by atoms with Crippen molar-refractivity contribution in [1.82, 2.24) is 25.6 Å². The molecule has 0 aliphatic heterocycles. The number of hydrogen-bond acceptors (Lipinski definition) is 5. The molecule has 7 heteroatoms. The molecule has 20 heavy (non-hydrogen) atoms. The fourth-order valence-electron chi connectivity index (χ4n) is 1.61. The van der Waals surface area contributed by atoms with Crippen molar-refractivity contribution >= 4 is 5.91 Å². The number of nitrogens with one attached hydrogen (secondary N) is 2. The highest BCUT2D eigenvalue weighted by Crippen LogP contribution is 1.99. The lowest BCUT2D eigenvalue weighted by atomic mass is 10.3. The number of furan rings is 1. The molecule has 2 aromatic heterocycles. The molecule has 108 valence electrons. The molecule has 0 bridgehead atoms. The van der Waals surface area contributed by atoms with E-state index in [1.807, 2.05) is 6.07 Å². The summed E-state index contributed by atoms with van der Waals surface area (Å²) in [5.74, 6) is 0.591. The lowest BCUT2D eigenvalue weighted by Crippen LogP contribution is -2.27. The average Bonchev–Trinajstić information content (AvgIpc) is 3.05. The molecule has 0 unspecified atom stereocenters. The van der Waals surface area contributed by atoms with Gasteiger partial charge in [-0.2, -0.15) is 0 Å². The fourth-order valence-corrected chi connectivity index (χ4v) is 1.61. The van der Waals surface area contributed by atoms with Crippen LogP contribution in [0.5, 0.6) is 0 Å². The normalized spacial score (nSPS) is 10.9. The van der Waals surface area contributed by atoms with Crippen LogP contribution < -0.4 is 10.6 Å². The van der Waals surface area contributed by atoms with Crippen LogP contribution in [0.3, 0.4) is 0 Å². The van der Waals surface area contributed by atoms with E-state index in [1.165, 1.54) is 4.68 Å². The third-order valence-corrected chi connectivity index (χ3v) is 2.62. The maximum absolute atomic E-state index is 11.7. The van der Waals surface area contributed by atoms with E-state index in [1.54, 1.807) is 18.5 Å². The number of amides is 1. The maximum Gasteiger partial charge on any atom is 0.242 e. The molecule has 1 amide bonds. The van der Waals surface area contributed by atoms with Gasteiger partial charge in [-0.1, -0.05) is 19.1 Å². The lowest BCUT2D eigenvalue weighted by Gasteiger charge is -2.04. The number of carbonyl (C=O) groups is 1. The molecule has 0 saturated carbocycles. The van der Waals surface area contributed by atoms with E-state index in [-0.39, 0.29) is 12.5 Å². The molecule has 0 aliphatic carbocycles. The van der Waals surface area contributed by atoms with E-state index in [2.05, 4.69) is 34.8 Å². The SMILES string of the molecule is CC(C)NCc1cn(CC(=O)NCc2ccco2)nn1. The largest absolute Gasteiger partial charge is 0.467 e. The van der Waals surface area contributed by atoms with Crippen LogP contribution >= 0.6 is 0 Å². The van der Waals surface area contributed by atoms with Crippen molar-refractivity contribution in [1.29, 1.82) is 0 Å². The van der Waals surface area contributed by atoms with E-state index in [0.29, 0.717) is 19.1 Å². The Morgan fingerprint density at radius 1 is 1.45 bits per heavy atom. The zero-order valence-corrected chi connectivity index (χ0v) is 11.7. The molecular weight excluding hydrogens is 258 g/mol. The maximum atomic E-state index is 11.7. The highest BCUT2D eigenvalue weighted by Gasteiger charge is 2.07. The van der Waals surface area contributed by atoms with E-state index in [9.17, 15) is 4.79 Å². The Morgan fingerprint density at radius 3 is 3.00 bits per heavy atom. The van der Waals surface area contributed by atoms with Gasteiger partial charge in [0.15, 0.2) is 0 Å². The summed E-state index contributed by atoms with van der Waals surface area (Å²) >= 11 is 0. The monoisotopic (exact) mass is 277 g/mol. The molecule has 2 aromatic rings. The first-order valence-electron chi connectivity index (χ1n) is 6.55. The summed E-state index contributed by atoms with van der Waals surface area (Å²) < 4.78 is 6.66. The van der Waals surface area contributed by atoms with Gasteiger partial charge < -0.3 is 15.1 Å². The van der Waals surface area contributed by atoms with E-state index in [0.717, 1.165) is 11.5 Å². The van der Waals surface area contributed by atoms with Gasteiger partial charge in [0.2, 0.25) is 5.91 Å². The molecular formula is C13H19N5O2. The molecule has 7 nitrogen and oxygen atoms in total. The van der Waals surface area contributed by atoms with Crippen LogP contribution in [-0.4, -0.2) is 26.9 Å². The molecule has 0 spiro atoms. The van der Waals surface area contributed by atoms with Crippen LogP contribution in [0.1, 0.15) is 25.3 Å². The van der Waals surface area contributed by atoms with Crippen molar-refractivity contribution < 1.29 is 9.21 Å². The predicted octanol–water partition coefficient (Wildman–Crippen LogP) is 0.685. The molecule has 0 fully saturated rings. The Balaban J connectivity index is 1.76. The third-order valence-electron chi connectivity index (χ3n) is 2.62. The first-order valence-corrected chi connectivity index (χ1v) is 6.55. The molecule has 2 N–H and O–H groups in total. The lowest BCUT2D eigenvalue weighted by molar-refractivity contribution is -0.122. The van der Waals surface area contributed by atoms with Gasteiger partial charge in [0.1, 0.15) is 12.3 Å². The van der Waals surface area contributed by atoms with Crippen molar-refractivity contribution in [3.05, 3.63) is 36.0 Å². The van der Waals surface area contributed by atoms with Gasteiger partial charge in [-0.25, -0.2) is 4.68 Å². The first kappa shape index (κ1) is 14.3. The highest BCUT2D eigenvalue weighted by molar-refractivity contribution is 5.75. The fraction of sp³-hybridized carbons (Fsp3) is 0.462. The number of aromatic nitrogens is 3. The van der Waals surface area contributed by atoms with Crippen molar-refractivity contribution in [3.63, 3.8) is 0 Å². The van der Waals surface area contributed by atoms with E-state index < -0.39 is 0 Å². The Kier molecular flexibility index (Phi) is 4.89. The molecule has 0 atom stereocenters. The minimum absolute atomic E-state index is 0.130. The van der Waals surface area contributed by atoms with Crippen molar-refractivity contribution in [2.45, 2.75) is 39.5 Å². The van der Waals surface area contributed by atoms with Gasteiger partial charge in [0.25, 0.3) is 0 Å². The van der Waals surface area contributed by atoms with Crippen LogP contribution in [0.15, 0.2) is 29.0 Å². The van der Waals surface area contributed by atoms with Gasteiger partial charge in [-0.05, 0) is 12.1 Å². The summed E-state index contributed by atoms with van der Waals surface area (Å²) in [4.78, 5) is 11.7. The van der Waals surface area contributed by atoms with Gasteiger partial charge in [0.05, 0.1) is 24.7 Å². The van der Waals surface area contributed by atoms with Crippen LogP contribution in [0.2, 0.25) is 0 Å². The van der Waals surface area contributed by atoms with Gasteiger partial charge in [0, 0.05) is 12.6 Å². The van der Waals surface area contributed by atoms with Crippen molar-refractivity contribution in [2.75, 3.05) is 0 Å². The number of hydrogen-bond donors (Lipinski definition) is 2. The molecule has 0 saturated heterocycles. The quantitative estimate of drug-likeness (QED) is 0.777. The van der Waals surface area contributed by atoms with E-state index in [4.69, 9.17) is 4.42 Å². The average molecular weight is 277 g/mol. The second kappa shape index (κ2) is 6.85. The Bertz CT molecular complexity index is 533. The van der Waals surface area contributed by atoms with Crippen LogP contribution in [0, 0.1) is 0 Å². The predicted molar refractivity (Wildman–Crippen MR) is 72.6 cm³/mol. The number of rotatable bonds is 7. The topological polar surface area (TPSA) is 85.0 Å². The summed E-state index contributed by atoms with van der Waals surface area (Å²) in [6, 6.07) is 3.98. The number of carbonyl (C=O) groups excluding carboxylic acids is 1. The molecule has 0 aliphatic rings. The van der Waals surface area contributed by atoms with Gasteiger partial charge >= 0.3 is 0 Å². The Morgan fingerprint density at radius 2 is 2.30 bits per heavy atom. The minimum Gasteiger partial charge on any atom is -0.467 e. The molecule has 0 radical (unpaired) electrons. The number of nitrogens with zero attached hydrogens (tertiary/aromatic N) is 3. The van der Waals surface area contributed by atoms with Crippen LogP contribution in [0.25, 0.3) is 0 Å². The molecule has 2 rings (SSSR count). The third kappa shape index (κ3) is 4.51. The standard InChI is InChI=1S/C13H19N5O2/c1-10(2)14-6-11-8-18(17-16-11)9-13(19)15-7-12-4-3-5-20-12/h3-5,8,10,14H,6-7,9H2,1-2H3,(H,15,19). The van der Waals surface area contributed by atoms with Gasteiger partial charge in [-0.3, -0.25) is 4.79 Å². The Hall–Kier alpha value is -2.15. The first-order chi connectivity index (χ1) is 9.63. The summed E-state index contributed by atoms with van der Waals surface area (Å²) in [6.45, 7) is 5.29. The van der Waals surface area contributed by atoms with Crippen LogP contribution in [0.4, 0.5) is 0 Å².